The van der Waals surface area contributed by atoms with Crippen LogP contribution in [0.4, 0.5) is 23.0 Å². The molecule has 0 aliphatic carbocycles. The van der Waals surface area contributed by atoms with Gasteiger partial charge in [0.05, 0.1) is 4.90 Å². The van der Waals surface area contributed by atoms with Crippen molar-refractivity contribution in [2.75, 3.05) is 17.7 Å². The van der Waals surface area contributed by atoms with Crippen molar-refractivity contribution in [1.82, 2.24) is 14.7 Å². The van der Waals surface area contributed by atoms with Gasteiger partial charge >= 0.3 is 0 Å². The molecule has 0 fully saturated rings. The summed E-state index contributed by atoms with van der Waals surface area (Å²) < 4.78 is 26.2. The van der Waals surface area contributed by atoms with E-state index < -0.39 is 10.0 Å². The van der Waals surface area contributed by atoms with Gasteiger partial charge in [-0.2, -0.15) is 0 Å². The Morgan fingerprint density at radius 1 is 0.926 bits per heavy atom. The molecule has 27 heavy (non-hydrogen) atoms. The van der Waals surface area contributed by atoms with Gasteiger partial charge in [-0.25, -0.2) is 23.1 Å². The third kappa shape index (κ3) is 4.84. The smallest absolute Gasteiger partial charge is 0.240 e. The molecule has 0 aliphatic rings. The highest BCUT2D eigenvalue weighted by molar-refractivity contribution is 7.89. The minimum atomic E-state index is -3.52. The van der Waals surface area contributed by atoms with Crippen LogP contribution in [0.5, 0.6) is 0 Å². The molecule has 3 rings (SSSR count). The molecule has 0 bridgehead atoms. The van der Waals surface area contributed by atoms with E-state index in [0.717, 1.165) is 11.3 Å². The highest BCUT2D eigenvalue weighted by atomic mass is 32.2. The molecule has 2 aromatic carbocycles. The standard InChI is InChI=1S/C18H18BN5O2S/c1-12-6-13(19)8-15(7-12)24-18-10-17(21-11-22-18)23-14-4-3-5-16(9-14)27(25,26)20-2/h3-11,20H,1-2H3,(H2,21,22,23,24). The molecule has 7 nitrogen and oxygen atoms in total. The molecular weight excluding hydrogens is 361 g/mol. The molecule has 0 aliphatic heterocycles. The van der Waals surface area contributed by atoms with Gasteiger partial charge < -0.3 is 10.6 Å². The Balaban J connectivity index is 1.81. The Labute approximate surface area is 159 Å². The van der Waals surface area contributed by atoms with E-state index in [4.69, 9.17) is 7.85 Å². The van der Waals surface area contributed by atoms with Crippen molar-refractivity contribution in [2.45, 2.75) is 11.8 Å². The number of nitrogens with one attached hydrogen (secondary N) is 3. The second-order valence-corrected chi connectivity index (χ2v) is 7.79. The van der Waals surface area contributed by atoms with E-state index >= 15 is 0 Å². The Kier molecular flexibility index (Phi) is 5.43. The molecule has 0 unspecified atom stereocenters. The van der Waals surface area contributed by atoms with Crippen molar-refractivity contribution in [3.8, 4) is 0 Å². The largest absolute Gasteiger partial charge is 0.340 e. The zero-order valence-electron chi connectivity index (χ0n) is 14.9. The lowest BCUT2D eigenvalue weighted by Crippen LogP contribution is -2.18. The summed E-state index contributed by atoms with van der Waals surface area (Å²) in [7, 11) is 3.72. The summed E-state index contributed by atoms with van der Waals surface area (Å²) in [6.45, 7) is 1.96. The van der Waals surface area contributed by atoms with Crippen LogP contribution < -0.4 is 20.8 Å². The molecule has 3 aromatic rings. The van der Waals surface area contributed by atoms with E-state index in [0.29, 0.717) is 22.8 Å². The van der Waals surface area contributed by atoms with Gasteiger partial charge in [-0.15, -0.1) is 0 Å². The number of rotatable bonds is 6. The van der Waals surface area contributed by atoms with Gasteiger partial charge in [-0.05, 0) is 49.9 Å². The van der Waals surface area contributed by atoms with Crippen molar-refractivity contribution >= 4 is 46.3 Å². The summed E-state index contributed by atoms with van der Waals surface area (Å²) in [4.78, 5) is 8.53. The minimum absolute atomic E-state index is 0.164. The lowest BCUT2D eigenvalue weighted by molar-refractivity contribution is 0.588. The number of hydrogen-bond acceptors (Lipinski definition) is 6. The molecule has 1 aromatic heterocycles. The molecule has 0 saturated carbocycles. The molecule has 0 spiro atoms. The molecule has 1 heterocycles. The molecule has 3 N–H and O–H groups in total. The van der Waals surface area contributed by atoms with Crippen molar-refractivity contribution in [3.05, 3.63) is 60.4 Å². The first-order chi connectivity index (χ1) is 12.9. The first-order valence-electron chi connectivity index (χ1n) is 8.12. The molecule has 0 amide bonds. The van der Waals surface area contributed by atoms with Gasteiger partial charge in [-0.1, -0.05) is 17.6 Å². The molecule has 9 heteroatoms. The number of sulfonamides is 1. The third-order valence-corrected chi connectivity index (χ3v) is 5.14. The first-order valence-corrected chi connectivity index (χ1v) is 9.61. The fourth-order valence-corrected chi connectivity index (χ4v) is 3.31. The van der Waals surface area contributed by atoms with Crippen LogP contribution in [-0.4, -0.2) is 33.3 Å². The minimum Gasteiger partial charge on any atom is -0.340 e. The predicted octanol–water partition coefficient (Wildman–Crippen LogP) is 1.97. The number of benzene rings is 2. The van der Waals surface area contributed by atoms with Gasteiger partial charge in [0.2, 0.25) is 10.0 Å². The molecule has 0 atom stereocenters. The van der Waals surface area contributed by atoms with Crippen molar-refractivity contribution in [1.29, 1.82) is 0 Å². The summed E-state index contributed by atoms with van der Waals surface area (Å²) in [5.74, 6) is 1.10. The summed E-state index contributed by atoms with van der Waals surface area (Å²) >= 11 is 0. The van der Waals surface area contributed by atoms with E-state index in [1.54, 1.807) is 18.2 Å². The SMILES string of the molecule is [B]c1cc(C)cc(Nc2cc(Nc3cccc(S(=O)(=O)NC)c3)ncn2)c1. The van der Waals surface area contributed by atoms with Crippen LogP contribution in [0.3, 0.4) is 0 Å². The second-order valence-electron chi connectivity index (χ2n) is 5.91. The highest BCUT2D eigenvalue weighted by Gasteiger charge is 2.11. The predicted molar refractivity (Wildman–Crippen MR) is 108 cm³/mol. The van der Waals surface area contributed by atoms with Crippen LogP contribution in [0.1, 0.15) is 5.56 Å². The summed E-state index contributed by atoms with van der Waals surface area (Å²) in [6, 6.07) is 13.8. The molecule has 136 valence electrons. The van der Waals surface area contributed by atoms with Crippen molar-refractivity contribution in [2.24, 2.45) is 0 Å². The number of nitrogens with zero attached hydrogens (tertiary/aromatic N) is 2. The number of aryl methyl sites for hydroxylation is 1. The van der Waals surface area contributed by atoms with Gasteiger partial charge in [0.15, 0.2) is 0 Å². The van der Waals surface area contributed by atoms with E-state index in [-0.39, 0.29) is 4.90 Å². The summed E-state index contributed by atoms with van der Waals surface area (Å²) in [5, 5.41) is 6.26. The van der Waals surface area contributed by atoms with Crippen LogP contribution in [0.2, 0.25) is 0 Å². The lowest BCUT2D eigenvalue weighted by Gasteiger charge is -2.11. The van der Waals surface area contributed by atoms with Gasteiger partial charge in [0, 0.05) is 17.4 Å². The van der Waals surface area contributed by atoms with E-state index in [2.05, 4.69) is 25.3 Å². The van der Waals surface area contributed by atoms with E-state index in [9.17, 15) is 8.42 Å². The van der Waals surface area contributed by atoms with Gasteiger partial charge in [0.1, 0.15) is 25.8 Å². The van der Waals surface area contributed by atoms with E-state index in [1.165, 1.54) is 25.5 Å². The quantitative estimate of drug-likeness (QED) is 0.567. The number of hydrogen-bond donors (Lipinski definition) is 3. The average Bonchev–Trinajstić information content (AvgIpc) is 2.61. The lowest BCUT2D eigenvalue weighted by atomic mass is 9.94. The fourth-order valence-electron chi connectivity index (χ4n) is 2.53. The van der Waals surface area contributed by atoms with E-state index in [1.807, 2.05) is 25.1 Å². The highest BCUT2D eigenvalue weighted by Crippen LogP contribution is 2.21. The Hall–Kier alpha value is -2.91. The summed E-state index contributed by atoms with van der Waals surface area (Å²) in [6.07, 6.45) is 1.41. The van der Waals surface area contributed by atoms with Crippen LogP contribution in [-0.2, 0) is 10.0 Å². The fraction of sp³-hybridized carbons (Fsp3) is 0.111. The maximum Gasteiger partial charge on any atom is 0.240 e. The average molecular weight is 379 g/mol. The van der Waals surface area contributed by atoms with Crippen molar-refractivity contribution in [3.63, 3.8) is 0 Å². The Morgan fingerprint density at radius 3 is 2.30 bits per heavy atom. The number of aromatic nitrogens is 2. The second kappa shape index (κ2) is 7.77. The van der Waals surface area contributed by atoms with Crippen LogP contribution in [0, 0.1) is 6.92 Å². The van der Waals surface area contributed by atoms with Gasteiger partial charge in [0.25, 0.3) is 0 Å². The topological polar surface area (TPSA) is 96.0 Å². The maximum atomic E-state index is 11.9. The summed E-state index contributed by atoms with van der Waals surface area (Å²) in [5.41, 5.74) is 3.11. The van der Waals surface area contributed by atoms with Crippen LogP contribution in [0.15, 0.2) is 59.8 Å². The Morgan fingerprint density at radius 2 is 1.63 bits per heavy atom. The van der Waals surface area contributed by atoms with Crippen molar-refractivity contribution < 1.29 is 8.42 Å². The zero-order chi connectivity index (χ0) is 19.4. The molecule has 2 radical (unpaired) electrons. The monoisotopic (exact) mass is 379 g/mol. The first kappa shape index (κ1) is 18.9. The normalized spacial score (nSPS) is 11.2. The molecular formula is C18H18BN5O2S. The number of anilines is 4. The van der Waals surface area contributed by atoms with Crippen LogP contribution in [0.25, 0.3) is 0 Å². The van der Waals surface area contributed by atoms with Gasteiger partial charge in [-0.3, -0.25) is 0 Å². The maximum absolute atomic E-state index is 11.9. The molecule has 0 saturated heterocycles. The van der Waals surface area contributed by atoms with Crippen LogP contribution >= 0.6 is 0 Å². The zero-order valence-corrected chi connectivity index (χ0v) is 15.7. The Bertz CT molecular complexity index is 1050. The third-order valence-electron chi connectivity index (χ3n) is 3.72.